The zero-order chi connectivity index (χ0) is 9.68. The van der Waals surface area contributed by atoms with Crippen molar-refractivity contribution < 1.29 is 9.59 Å². The summed E-state index contributed by atoms with van der Waals surface area (Å²) in [6.07, 6.45) is 0.627. The van der Waals surface area contributed by atoms with Crippen molar-refractivity contribution in [2.75, 3.05) is 0 Å². The van der Waals surface area contributed by atoms with E-state index >= 15 is 0 Å². The van der Waals surface area contributed by atoms with E-state index in [1.54, 1.807) is 24.3 Å². The highest BCUT2D eigenvalue weighted by Crippen LogP contribution is 2.02. The number of amides is 2. The molecule has 0 aliphatic rings. The van der Waals surface area contributed by atoms with E-state index in [1.807, 2.05) is 0 Å². The predicted octanol–water partition coefficient (Wildman–Crippen LogP) is 0.0315. The average Bonchev–Trinajstić information content (AvgIpc) is 2.15. The smallest absolute Gasteiger partial charge is 0.248 e. The van der Waals surface area contributed by atoms with Crippen LogP contribution in [-0.2, 0) is 11.3 Å². The van der Waals surface area contributed by atoms with Gasteiger partial charge in [-0.2, -0.15) is 0 Å². The zero-order valence-corrected chi connectivity index (χ0v) is 6.99. The molecule has 0 unspecified atom stereocenters. The van der Waals surface area contributed by atoms with Crippen molar-refractivity contribution in [1.82, 2.24) is 5.32 Å². The highest BCUT2D eigenvalue weighted by atomic mass is 16.1. The van der Waals surface area contributed by atoms with Crippen LogP contribution < -0.4 is 11.1 Å². The summed E-state index contributed by atoms with van der Waals surface area (Å²) in [5.41, 5.74) is 6.45. The standard InChI is InChI=1S/C9H10N2O2/c10-9(13)8-3-1-7(2-4-8)5-11-6-12/h1-4,6H,5H2,(H2,10,13)(H,11,12). The molecule has 4 nitrogen and oxygen atoms in total. The first-order chi connectivity index (χ1) is 6.24. The van der Waals surface area contributed by atoms with Gasteiger partial charge in [-0.15, -0.1) is 0 Å². The van der Waals surface area contributed by atoms with Crippen molar-refractivity contribution in [3.8, 4) is 0 Å². The fourth-order valence-electron chi connectivity index (χ4n) is 0.946. The minimum atomic E-state index is -0.449. The second-order valence-corrected chi connectivity index (χ2v) is 2.56. The Hall–Kier alpha value is -1.84. The maximum Gasteiger partial charge on any atom is 0.248 e. The highest BCUT2D eigenvalue weighted by Gasteiger charge is 1.98. The average molecular weight is 178 g/mol. The van der Waals surface area contributed by atoms with E-state index < -0.39 is 5.91 Å². The van der Waals surface area contributed by atoms with E-state index in [2.05, 4.69) is 5.32 Å². The lowest BCUT2D eigenvalue weighted by Gasteiger charge is -2.00. The molecule has 0 radical (unpaired) electrons. The van der Waals surface area contributed by atoms with Crippen LogP contribution in [-0.4, -0.2) is 12.3 Å². The van der Waals surface area contributed by atoms with Gasteiger partial charge in [0.05, 0.1) is 0 Å². The van der Waals surface area contributed by atoms with Gasteiger partial charge in [0, 0.05) is 12.1 Å². The molecule has 1 aromatic rings. The van der Waals surface area contributed by atoms with Gasteiger partial charge in [-0.1, -0.05) is 12.1 Å². The van der Waals surface area contributed by atoms with Gasteiger partial charge in [-0.3, -0.25) is 9.59 Å². The minimum absolute atomic E-state index is 0.449. The lowest BCUT2D eigenvalue weighted by molar-refractivity contribution is -0.109. The molecule has 0 saturated heterocycles. The van der Waals surface area contributed by atoms with Gasteiger partial charge in [-0.25, -0.2) is 0 Å². The number of hydrogen-bond acceptors (Lipinski definition) is 2. The van der Waals surface area contributed by atoms with Crippen LogP contribution in [0.3, 0.4) is 0 Å². The fourth-order valence-corrected chi connectivity index (χ4v) is 0.946. The molecule has 0 heterocycles. The van der Waals surface area contributed by atoms with E-state index in [1.165, 1.54) is 0 Å². The third-order valence-electron chi connectivity index (χ3n) is 1.63. The lowest BCUT2D eigenvalue weighted by Crippen LogP contribution is -2.12. The van der Waals surface area contributed by atoms with Crippen LogP contribution >= 0.6 is 0 Å². The molecule has 3 N–H and O–H groups in total. The van der Waals surface area contributed by atoms with Crippen LogP contribution in [0.4, 0.5) is 0 Å². The molecule has 0 saturated carbocycles. The fraction of sp³-hybridized carbons (Fsp3) is 0.111. The molecule has 0 atom stereocenters. The Bertz CT molecular complexity index is 306. The SMILES string of the molecule is NC(=O)c1ccc(CNC=O)cc1. The number of carbonyl (C=O) groups is 2. The summed E-state index contributed by atoms with van der Waals surface area (Å²) in [7, 11) is 0. The first kappa shape index (κ1) is 9.25. The van der Waals surface area contributed by atoms with Gasteiger partial charge < -0.3 is 11.1 Å². The second-order valence-electron chi connectivity index (χ2n) is 2.56. The van der Waals surface area contributed by atoms with Gasteiger partial charge in [0.15, 0.2) is 0 Å². The quantitative estimate of drug-likeness (QED) is 0.638. The Balaban J connectivity index is 2.69. The Morgan fingerprint density at radius 3 is 2.46 bits per heavy atom. The molecule has 0 spiro atoms. The van der Waals surface area contributed by atoms with E-state index in [9.17, 15) is 9.59 Å². The Morgan fingerprint density at radius 2 is 2.00 bits per heavy atom. The molecule has 2 amide bonds. The number of carbonyl (C=O) groups excluding carboxylic acids is 2. The van der Waals surface area contributed by atoms with E-state index in [0.717, 1.165) is 5.56 Å². The molecule has 0 bridgehead atoms. The van der Waals surface area contributed by atoms with Crippen molar-refractivity contribution in [3.63, 3.8) is 0 Å². The molecular weight excluding hydrogens is 168 g/mol. The van der Waals surface area contributed by atoms with E-state index in [-0.39, 0.29) is 0 Å². The zero-order valence-electron chi connectivity index (χ0n) is 6.99. The molecular formula is C9H10N2O2. The number of rotatable bonds is 4. The Labute approximate surface area is 75.7 Å². The monoisotopic (exact) mass is 178 g/mol. The maximum atomic E-state index is 10.7. The molecule has 68 valence electrons. The van der Waals surface area contributed by atoms with E-state index in [4.69, 9.17) is 5.73 Å². The van der Waals surface area contributed by atoms with Crippen LogP contribution in [0.15, 0.2) is 24.3 Å². The molecule has 1 rings (SSSR count). The third-order valence-corrected chi connectivity index (χ3v) is 1.63. The number of nitrogens with two attached hydrogens (primary N) is 1. The van der Waals surface area contributed by atoms with Crippen molar-refractivity contribution in [1.29, 1.82) is 0 Å². The van der Waals surface area contributed by atoms with Gasteiger partial charge in [-0.05, 0) is 17.7 Å². The van der Waals surface area contributed by atoms with Crippen LogP contribution in [0, 0.1) is 0 Å². The molecule has 0 aliphatic heterocycles. The van der Waals surface area contributed by atoms with Crippen LogP contribution in [0.2, 0.25) is 0 Å². The molecule has 0 fully saturated rings. The topological polar surface area (TPSA) is 72.2 Å². The summed E-state index contributed by atoms with van der Waals surface area (Å²) in [4.78, 5) is 20.6. The predicted molar refractivity (Wildman–Crippen MR) is 47.9 cm³/mol. The van der Waals surface area contributed by atoms with Crippen molar-refractivity contribution in [3.05, 3.63) is 35.4 Å². The molecule has 13 heavy (non-hydrogen) atoms. The number of benzene rings is 1. The number of nitrogens with one attached hydrogen (secondary N) is 1. The van der Waals surface area contributed by atoms with Crippen LogP contribution in [0.1, 0.15) is 15.9 Å². The van der Waals surface area contributed by atoms with Crippen molar-refractivity contribution in [2.45, 2.75) is 6.54 Å². The van der Waals surface area contributed by atoms with Gasteiger partial charge in [0.1, 0.15) is 0 Å². The van der Waals surface area contributed by atoms with Gasteiger partial charge >= 0.3 is 0 Å². The van der Waals surface area contributed by atoms with Crippen molar-refractivity contribution in [2.24, 2.45) is 5.73 Å². The third kappa shape index (κ3) is 2.59. The maximum absolute atomic E-state index is 10.7. The highest BCUT2D eigenvalue weighted by molar-refractivity contribution is 5.92. The molecule has 0 aliphatic carbocycles. The summed E-state index contributed by atoms with van der Waals surface area (Å²) in [6, 6.07) is 6.75. The molecule has 4 heteroatoms. The number of hydrogen-bond donors (Lipinski definition) is 2. The summed E-state index contributed by atoms with van der Waals surface area (Å²) < 4.78 is 0. The largest absolute Gasteiger partial charge is 0.366 e. The lowest BCUT2D eigenvalue weighted by atomic mass is 10.1. The summed E-state index contributed by atoms with van der Waals surface area (Å²) in [5, 5.41) is 2.52. The first-order valence-electron chi connectivity index (χ1n) is 3.80. The van der Waals surface area contributed by atoms with Crippen LogP contribution in [0.25, 0.3) is 0 Å². The first-order valence-corrected chi connectivity index (χ1v) is 3.80. The van der Waals surface area contributed by atoms with Crippen LogP contribution in [0.5, 0.6) is 0 Å². The molecule has 1 aromatic carbocycles. The minimum Gasteiger partial charge on any atom is -0.366 e. The Kier molecular flexibility index (Phi) is 3.03. The van der Waals surface area contributed by atoms with Crippen molar-refractivity contribution >= 4 is 12.3 Å². The number of primary amides is 1. The molecule has 0 aromatic heterocycles. The van der Waals surface area contributed by atoms with E-state index in [0.29, 0.717) is 18.5 Å². The Morgan fingerprint density at radius 1 is 1.38 bits per heavy atom. The second kappa shape index (κ2) is 4.25. The summed E-state index contributed by atoms with van der Waals surface area (Å²) in [5.74, 6) is -0.449. The normalized spacial score (nSPS) is 9.23. The van der Waals surface area contributed by atoms with Gasteiger partial charge in [0.25, 0.3) is 0 Å². The summed E-state index contributed by atoms with van der Waals surface area (Å²) in [6.45, 7) is 0.461. The van der Waals surface area contributed by atoms with Gasteiger partial charge in [0.2, 0.25) is 12.3 Å². The summed E-state index contributed by atoms with van der Waals surface area (Å²) >= 11 is 0.